The highest BCUT2D eigenvalue weighted by atomic mass is 35.5. The summed E-state index contributed by atoms with van der Waals surface area (Å²) in [5, 5.41) is 3.61. The Bertz CT molecular complexity index is 640. The molecular formula is C16H17ClN2O. The van der Waals surface area contributed by atoms with E-state index < -0.39 is 0 Å². The van der Waals surface area contributed by atoms with E-state index in [1.807, 2.05) is 38.1 Å². The lowest BCUT2D eigenvalue weighted by atomic mass is 10.1. The summed E-state index contributed by atoms with van der Waals surface area (Å²) < 4.78 is 0. The van der Waals surface area contributed by atoms with Crippen LogP contribution < -0.4 is 11.1 Å². The summed E-state index contributed by atoms with van der Waals surface area (Å²) in [6.45, 7) is 3.80. The van der Waals surface area contributed by atoms with Crippen LogP contribution in [-0.4, -0.2) is 5.91 Å². The van der Waals surface area contributed by atoms with Gasteiger partial charge in [0, 0.05) is 16.3 Å². The lowest BCUT2D eigenvalue weighted by molar-refractivity contribution is 0.0940. The number of amides is 1. The van der Waals surface area contributed by atoms with Crippen LogP contribution in [0.2, 0.25) is 5.02 Å². The van der Waals surface area contributed by atoms with E-state index in [2.05, 4.69) is 5.32 Å². The third-order valence-electron chi connectivity index (χ3n) is 3.18. The Hall–Kier alpha value is -2.00. The minimum atomic E-state index is -0.125. The van der Waals surface area contributed by atoms with E-state index >= 15 is 0 Å². The number of nitrogens with two attached hydrogens (primary N) is 1. The lowest BCUT2D eigenvalue weighted by Gasteiger charge is -2.15. The van der Waals surface area contributed by atoms with Gasteiger partial charge in [0.05, 0.1) is 6.04 Å². The van der Waals surface area contributed by atoms with Crippen molar-refractivity contribution in [3.05, 3.63) is 64.2 Å². The average molecular weight is 289 g/mol. The summed E-state index contributed by atoms with van der Waals surface area (Å²) in [6, 6.07) is 12.6. The van der Waals surface area contributed by atoms with Crippen LogP contribution >= 0.6 is 11.6 Å². The Labute approximate surface area is 123 Å². The molecule has 1 amide bonds. The minimum Gasteiger partial charge on any atom is -0.399 e. The Morgan fingerprint density at radius 2 is 2.00 bits per heavy atom. The van der Waals surface area contributed by atoms with Gasteiger partial charge in [0.25, 0.3) is 5.91 Å². The first-order valence-corrected chi connectivity index (χ1v) is 6.77. The number of aryl methyl sites for hydroxylation is 1. The van der Waals surface area contributed by atoms with Crippen LogP contribution in [0.5, 0.6) is 0 Å². The molecule has 2 aromatic rings. The number of rotatable bonds is 3. The number of hydrogen-bond donors (Lipinski definition) is 2. The Morgan fingerprint density at radius 3 is 2.65 bits per heavy atom. The van der Waals surface area contributed by atoms with E-state index in [4.69, 9.17) is 17.3 Å². The second-order valence-corrected chi connectivity index (χ2v) is 5.24. The van der Waals surface area contributed by atoms with Crippen molar-refractivity contribution in [1.82, 2.24) is 5.32 Å². The zero-order valence-corrected chi connectivity index (χ0v) is 12.2. The molecule has 0 radical (unpaired) electrons. The number of benzene rings is 2. The summed E-state index contributed by atoms with van der Waals surface area (Å²) in [6.07, 6.45) is 0. The van der Waals surface area contributed by atoms with E-state index in [0.29, 0.717) is 16.3 Å². The van der Waals surface area contributed by atoms with E-state index in [0.717, 1.165) is 11.1 Å². The van der Waals surface area contributed by atoms with Crippen molar-refractivity contribution in [2.45, 2.75) is 19.9 Å². The number of nitrogen functional groups attached to an aromatic ring is 1. The molecule has 0 aliphatic carbocycles. The second kappa shape index (κ2) is 5.97. The van der Waals surface area contributed by atoms with Gasteiger partial charge in [0.2, 0.25) is 0 Å². The normalized spacial score (nSPS) is 11.9. The standard InChI is InChI=1S/C16H17ClN2O/c1-10-8-13(6-7-15(10)17)16(20)19-11(2)12-4-3-5-14(18)9-12/h3-9,11H,18H2,1-2H3,(H,19,20). The van der Waals surface area contributed by atoms with Crippen LogP contribution in [0.15, 0.2) is 42.5 Å². The molecule has 2 rings (SSSR count). The zero-order valence-electron chi connectivity index (χ0n) is 11.5. The number of carbonyl (C=O) groups excluding carboxylic acids is 1. The third kappa shape index (κ3) is 3.31. The molecule has 0 spiro atoms. The van der Waals surface area contributed by atoms with Gasteiger partial charge in [-0.3, -0.25) is 4.79 Å². The van der Waals surface area contributed by atoms with Crippen molar-refractivity contribution < 1.29 is 4.79 Å². The Kier molecular flexibility index (Phi) is 4.30. The van der Waals surface area contributed by atoms with Crippen molar-refractivity contribution in [2.75, 3.05) is 5.73 Å². The number of anilines is 1. The molecule has 0 saturated carbocycles. The second-order valence-electron chi connectivity index (χ2n) is 4.83. The molecule has 2 aromatic carbocycles. The van der Waals surface area contributed by atoms with Crippen molar-refractivity contribution >= 4 is 23.2 Å². The number of halogens is 1. The van der Waals surface area contributed by atoms with Crippen LogP contribution in [0.4, 0.5) is 5.69 Å². The van der Waals surface area contributed by atoms with Crippen LogP contribution in [0.25, 0.3) is 0 Å². The largest absolute Gasteiger partial charge is 0.399 e. The van der Waals surface area contributed by atoms with E-state index in [1.165, 1.54) is 0 Å². The van der Waals surface area contributed by atoms with Gasteiger partial charge in [-0.2, -0.15) is 0 Å². The SMILES string of the molecule is Cc1cc(C(=O)NC(C)c2cccc(N)c2)ccc1Cl. The van der Waals surface area contributed by atoms with Gasteiger partial charge in [0.15, 0.2) is 0 Å². The topological polar surface area (TPSA) is 55.1 Å². The molecule has 4 heteroatoms. The lowest BCUT2D eigenvalue weighted by Crippen LogP contribution is -2.26. The van der Waals surface area contributed by atoms with Crippen molar-refractivity contribution in [3.63, 3.8) is 0 Å². The van der Waals surface area contributed by atoms with Gasteiger partial charge in [-0.15, -0.1) is 0 Å². The maximum absolute atomic E-state index is 12.2. The molecule has 1 unspecified atom stereocenters. The first-order chi connectivity index (χ1) is 9.47. The summed E-state index contributed by atoms with van der Waals surface area (Å²) in [4.78, 5) is 12.2. The van der Waals surface area contributed by atoms with Crippen molar-refractivity contribution in [1.29, 1.82) is 0 Å². The molecule has 0 bridgehead atoms. The van der Waals surface area contributed by atoms with Gasteiger partial charge in [-0.1, -0.05) is 23.7 Å². The van der Waals surface area contributed by atoms with Crippen LogP contribution in [0, 0.1) is 6.92 Å². The molecule has 0 aliphatic heterocycles. The quantitative estimate of drug-likeness (QED) is 0.846. The maximum atomic E-state index is 12.2. The fourth-order valence-electron chi connectivity index (χ4n) is 1.98. The third-order valence-corrected chi connectivity index (χ3v) is 3.60. The van der Waals surface area contributed by atoms with Gasteiger partial charge in [-0.25, -0.2) is 0 Å². The summed E-state index contributed by atoms with van der Waals surface area (Å²) in [7, 11) is 0. The van der Waals surface area contributed by atoms with Crippen LogP contribution in [0.3, 0.4) is 0 Å². The molecule has 0 aliphatic rings. The molecule has 104 valence electrons. The van der Waals surface area contributed by atoms with Crippen LogP contribution in [0.1, 0.15) is 34.5 Å². The summed E-state index contributed by atoms with van der Waals surface area (Å²) >= 11 is 5.96. The van der Waals surface area contributed by atoms with Gasteiger partial charge >= 0.3 is 0 Å². The van der Waals surface area contributed by atoms with Gasteiger partial charge < -0.3 is 11.1 Å². The maximum Gasteiger partial charge on any atom is 0.251 e. The Morgan fingerprint density at radius 1 is 1.25 bits per heavy atom. The fraction of sp³-hybridized carbons (Fsp3) is 0.188. The first kappa shape index (κ1) is 14.4. The highest BCUT2D eigenvalue weighted by Gasteiger charge is 2.12. The molecule has 20 heavy (non-hydrogen) atoms. The fourth-order valence-corrected chi connectivity index (χ4v) is 2.10. The predicted molar refractivity (Wildman–Crippen MR) is 82.9 cm³/mol. The first-order valence-electron chi connectivity index (χ1n) is 6.40. The molecular weight excluding hydrogens is 272 g/mol. The molecule has 0 aromatic heterocycles. The highest BCUT2D eigenvalue weighted by Crippen LogP contribution is 2.18. The zero-order chi connectivity index (χ0) is 14.7. The predicted octanol–water partition coefficient (Wildman–Crippen LogP) is 3.72. The molecule has 3 N–H and O–H groups in total. The number of nitrogens with one attached hydrogen (secondary N) is 1. The molecule has 0 fully saturated rings. The smallest absolute Gasteiger partial charge is 0.251 e. The van der Waals surface area contributed by atoms with Crippen molar-refractivity contribution in [3.8, 4) is 0 Å². The average Bonchev–Trinajstić information content (AvgIpc) is 2.41. The Balaban J connectivity index is 2.13. The number of carbonyl (C=O) groups is 1. The molecule has 3 nitrogen and oxygen atoms in total. The van der Waals surface area contributed by atoms with Crippen LogP contribution in [-0.2, 0) is 0 Å². The highest BCUT2D eigenvalue weighted by molar-refractivity contribution is 6.31. The van der Waals surface area contributed by atoms with Gasteiger partial charge in [0.1, 0.15) is 0 Å². The summed E-state index contributed by atoms with van der Waals surface area (Å²) in [5.74, 6) is -0.125. The summed E-state index contributed by atoms with van der Waals surface area (Å²) in [5.41, 5.74) is 8.89. The van der Waals surface area contributed by atoms with E-state index in [1.54, 1.807) is 18.2 Å². The molecule has 0 heterocycles. The number of hydrogen-bond acceptors (Lipinski definition) is 2. The molecule has 1 atom stereocenters. The van der Waals surface area contributed by atoms with E-state index in [9.17, 15) is 4.79 Å². The molecule has 0 saturated heterocycles. The van der Waals surface area contributed by atoms with E-state index in [-0.39, 0.29) is 11.9 Å². The minimum absolute atomic E-state index is 0.109. The van der Waals surface area contributed by atoms with Crippen molar-refractivity contribution in [2.24, 2.45) is 0 Å². The monoisotopic (exact) mass is 288 g/mol. The van der Waals surface area contributed by atoms with Gasteiger partial charge in [-0.05, 0) is 55.3 Å².